The normalized spacial score (nSPS) is 10.9. The molecular weight excluding hydrogens is 402 g/mol. The molecule has 0 unspecified atom stereocenters. The van der Waals surface area contributed by atoms with Crippen LogP contribution in [0.2, 0.25) is 0 Å². The molecule has 0 saturated carbocycles. The smallest absolute Gasteiger partial charge is 0.226 e. The number of hydrogen-bond acceptors (Lipinski definition) is 7. The zero-order valence-electron chi connectivity index (χ0n) is 14.4. The quantitative estimate of drug-likeness (QED) is 0.408. The number of hydrogen-bond donors (Lipinski definition) is 1. The molecule has 9 heteroatoms. The molecule has 0 saturated heterocycles. The second-order valence-electron chi connectivity index (χ2n) is 5.80. The van der Waals surface area contributed by atoms with Crippen molar-refractivity contribution in [2.75, 3.05) is 5.32 Å². The third kappa shape index (κ3) is 4.73. The fraction of sp³-hybridized carbons (Fsp3) is 0.105. The van der Waals surface area contributed by atoms with Gasteiger partial charge in [0.25, 0.3) is 0 Å². The fourth-order valence-electron chi connectivity index (χ4n) is 2.38. The highest BCUT2D eigenvalue weighted by Gasteiger charge is 2.10. The summed E-state index contributed by atoms with van der Waals surface area (Å²) in [6.07, 6.45) is 1.56. The molecule has 0 atom stereocenters. The van der Waals surface area contributed by atoms with E-state index in [1.165, 1.54) is 47.4 Å². The van der Waals surface area contributed by atoms with Crippen LogP contribution in [0.1, 0.15) is 11.3 Å². The third-order valence-corrected chi connectivity index (χ3v) is 5.78. The molecule has 0 aliphatic rings. The van der Waals surface area contributed by atoms with Gasteiger partial charge in [0.05, 0.1) is 5.69 Å². The van der Waals surface area contributed by atoms with Gasteiger partial charge >= 0.3 is 0 Å². The second kappa shape index (κ2) is 8.49. The van der Waals surface area contributed by atoms with Crippen molar-refractivity contribution < 1.29 is 13.2 Å². The van der Waals surface area contributed by atoms with E-state index in [2.05, 4.69) is 20.5 Å². The number of aromatic nitrogens is 3. The van der Waals surface area contributed by atoms with Gasteiger partial charge in [-0.3, -0.25) is 0 Å². The Morgan fingerprint density at radius 2 is 1.89 bits per heavy atom. The molecule has 4 rings (SSSR count). The molecule has 0 aliphatic carbocycles. The van der Waals surface area contributed by atoms with Crippen molar-refractivity contribution in [2.24, 2.45) is 0 Å². The Labute approximate surface area is 167 Å². The molecule has 142 valence electrons. The van der Waals surface area contributed by atoms with Crippen molar-refractivity contribution in [3.8, 4) is 11.5 Å². The Kier molecular flexibility index (Phi) is 5.63. The minimum absolute atomic E-state index is 0.258. The van der Waals surface area contributed by atoms with E-state index in [4.69, 9.17) is 4.42 Å². The van der Waals surface area contributed by atoms with Crippen LogP contribution in [0.4, 0.5) is 13.9 Å². The molecule has 2 aromatic carbocycles. The van der Waals surface area contributed by atoms with Gasteiger partial charge in [-0.05, 0) is 35.9 Å². The van der Waals surface area contributed by atoms with Gasteiger partial charge in [-0.1, -0.05) is 41.3 Å². The summed E-state index contributed by atoms with van der Waals surface area (Å²) in [6, 6.07) is 12.4. The largest absolute Gasteiger partial charge is 0.444 e. The lowest BCUT2D eigenvalue weighted by atomic mass is 10.2. The standard InChI is InChI=1S/C19H14F2N4OS2/c20-14-6-4-12(5-7-14)9-22-18-24-25-19(28-18)27-11-16-10-26-17(23-16)13-2-1-3-15(21)8-13/h1-8,10H,9,11H2,(H,22,24). The molecule has 5 nitrogen and oxygen atoms in total. The molecule has 2 aromatic heterocycles. The lowest BCUT2D eigenvalue weighted by Gasteiger charge is -2.01. The molecule has 0 bridgehead atoms. The molecule has 0 spiro atoms. The average Bonchev–Trinajstić information content (AvgIpc) is 3.35. The second-order valence-corrected chi connectivity index (χ2v) is 8.00. The van der Waals surface area contributed by atoms with Gasteiger partial charge < -0.3 is 9.73 Å². The summed E-state index contributed by atoms with van der Waals surface area (Å²) in [5.74, 6) is 0.354. The van der Waals surface area contributed by atoms with Crippen LogP contribution in [0.25, 0.3) is 11.5 Å². The maximum absolute atomic E-state index is 13.3. The SMILES string of the molecule is Fc1ccc(CNc2nnc(SCc3coc(-c4cccc(F)c4)n3)s2)cc1. The predicted molar refractivity (Wildman–Crippen MR) is 105 cm³/mol. The average molecular weight is 416 g/mol. The Bertz CT molecular complexity index is 1070. The Morgan fingerprint density at radius 3 is 2.71 bits per heavy atom. The van der Waals surface area contributed by atoms with Crippen LogP contribution in [-0.2, 0) is 12.3 Å². The first-order valence-electron chi connectivity index (χ1n) is 8.31. The monoisotopic (exact) mass is 416 g/mol. The number of anilines is 1. The Balaban J connectivity index is 1.31. The van der Waals surface area contributed by atoms with Crippen molar-refractivity contribution in [1.82, 2.24) is 15.2 Å². The first-order valence-corrected chi connectivity index (χ1v) is 10.1. The predicted octanol–water partition coefficient (Wildman–Crippen LogP) is 5.38. The first kappa shape index (κ1) is 18.6. The van der Waals surface area contributed by atoms with Gasteiger partial charge in [-0.15, -0.1) is 10.2 Å². The summed E-state index contributed by atoms with van der Waals surface area (Å²) in [6.45, 7) is 0.542. The number of thioether (sulfide) groups is 1. The summed E-state index contributed by atoms with van der Waals surface area (Å²) in [7, 11) is 0. The van der Waals surface area contributed by atoms with Crippen LogP contribution in [0.15, 0.2) is 63.6 Å². The van der Waals surface area contributed by atoms with Gasteiger partial charge in [-0.2, -0.15) is 0 Å². The molecule has 0 radical (unpaired) electrons. The minimum atomic E-state index is -0.332. The molecule has 28 heavy (non-hydrogen) atoms. The van der Waals surface area contributed by atoms with E-state index in [-0.39, 0.29) is 11.6 Å². The molecule has 1 N–H and O–H groups in total. The van der Waals surface area contributed by atoms with E-state index >= 15 is 0 Å². The van der Waals surface area contributed by atoms with E-state index in [1.54, 1.807) is 30.5 Å². The van der Waals surface area contributed by atoms with Crippen molar-refractivity contribution in [3.05, 3.63) is 77.7 Å². The van der Waals surface area contributed by atoms with Crippen molar-refractivity contribution in [3.63, 3.8) is 0 Å². The number of nitrogens with one attached hydrogen (secondary N) is 1. The summed E-state index contributed by atoms with van der Waals surface area (Å²) in [4.78, 5) is 4.38. The zero-order chi connectivity index (χ0) is 19.3. The highest BCUT2D eigenvalue weighted by atomic mass is 32.2. The van der Waals surface area contributed by atoms with E-state index in [9.17, 15) is 8.78 Å². The van der Waals surface area contributed by atoms with Crippen molar-refractivity contribution >= 4 is 28.2 Å². The maximum Gasteiger partial charge on any atom is 0.226 e. The number of oxazole rings is 1. The third-order valence-electron chi connectivity index (χ3n) is 3.73. The number of benzene rings is 2. The number of rotatable bonds is 7. The maximum atomic E-state index is 13.3. The summed E-state index contributed by atoms with van der Waals surface area (Å²) in [5, 5.41) is 12.1. The molecule has 0 amide bonds. The van der Waals surface area contributed by atoms with E-state index in [0.29, 0.717) is 28.9 Å². The van der Waals surface area contributed by atoms with E-state index < -0.39 is 0 Å². The van der Waals surface area contributed by atoms with E-state index in [1.807, 2.05) is 0 Å². The number of halogens is 2. The first-order chi connectivity index (χ1) is 13.7. The van der Waals surface area contributed by atoms with Crippen LogP contribution in [0, 0.1) is 11.6 Å². The minimum Gasteiger partial charge on any atom is -0.444 e. The van der Waals surface area contributed by atoms with Gasteiger partial charge in [0, 0.05) is 17.9 Å². The molecule has 0 aliphatic heterocycles. The lowest BCUT2D eigenvalue weighted by molar-refractivity contribution is 0.571. The van der Waals surface area contributed by atoms with Crippen LogP contribution in [0.5, 0.6) is 0 Å². The highest BCUT2D eigenvalue weighted by Crippen LogP contribution is 2.29. The lowest BCUT2D eigenvalue weighted by Crippen LogP contribution is -1.98. The van der Waals surface area contributed by atoms with Crippen LogP contribution >= 0.6 is 23.1 Å². The van der Waals surface area contributed by atoms with Crippen LogP contribution in [-0.4, -0.2) is 15.2 Å². The summed E-state index contributed by atoms with van der Waals surface area (Å²) in [5.41, 5.74) is 2.29. The Morgan fingerprint density at radius 1 is 1.04 bits per heavy atom. The van der Waals surface area contributed by atoms with Crippen LogP contribution in [0.3, 0.4) is 0 Å². The topological polar surface area (TPSA) is 63.8 Å². The van der Waals surface area contributed by atoms with Gasteiger partial charge in [0.1, 0.15) is 17.9 Å². The van der Waals surface area contributed by atoms with Crippen molar-refractivity contribution in [2.45, 2.75) is 16.6 Å². The molecule has 4 aromatic rings. The molecule has 2 heterocycles. The van der Waals surface area contributed by atoms with Crippen molar-refractivity contribution in [1.29, 1.82) is 0 Å². The van der Waals surface area contributed by atoms with Crippen LogP contribution < -0.4 is 5.32 Å². The highest BCUT2D eigenvalue weighted by molar-refractivity contribution is 8.00. The zero-order valence-corrected chi connectivity index (χ0v) is 16.1. The van der Waals surface area contributed by atoms with Gasteiger partial charge in [-0.25, -0.2) is 13.8 Å². The summed E-state index contributed by atoms with van der Waals surface area (Å²) >= 11 is 2.92. The molecular formula is C19H14F2N4OS2. The Hall–Kier alpha value is -2.78. The van der Waals surface area contributed by atoms with Gasteiger partial charge in [0.2, 0.25) is 11.0 Å². The number of nitrogens with zero attached hydrogens (tertiary/aromatic N) is 3. The van der Waals surface area contributed by atoms with Gasteiger partial charge in [0.15, 0.2) is 4.34 Å². The molecule has 0 fully saturated rings. The van der Waals surface area contributed by atoms with E-state index in [0.717, 1.165) is 15.6 Å². The fourth-order valence-corrected chi connectivity index (χ4v) is 4.01. The summed E-state index contributed by atoms with van der Waals surface area (Å²) < 4.78 is 32.5.